The molecule has 30 heavy (non-hydrogen) atoms. The van der Waals surface area contributed by atoms with E-state index in [-0.39, 0.29) is 17.4 Å². The number of hydrogen-bond donors (Lipinski definition) is 1. The highest BCUT2D eigenvalue weighted by Crippen LogP contribution is 2.29. The molecule has 0 aliphatic carbocycles. The summed E-state index contributed by atoms with van der Waals surface area (Å²) in [6, 6.07) is 16.9. The van der Waals surface area contributed by atoms with E-state index in [1.807, 2.05) is 18.2 Å². The lowest BCUT2D eigenvalue weighted by molar-refractivity contribution is -0.137. The largest absolute Gasteiger partial charge is 0.416 e. The molecular weight excluding hydrogens is 417 g/mol. The average molecular weight is 432 g/mol. The third kappa shape index (κ3) is 4.28. The zero-order valence-electron chi connectivity index (χ0n) is 15.3. The molecule has 3 aromatic carbocycles. The number of halogens is 3. The normalized spacial score (nSPS) is 12.2. The highest BCUT2D eigenvalue weighted by Gasteiger charge is 2.30. The second-order valence-electron chi connectivity index (χ2n) is 6.58. The van der Waals surface area contributed by atoms with Gasteiger partial charge in [-0.2, -0.15) is 18.2 Å². The quantitative estimate of drug-likeness (QED) is 0.510. The molecule has 1 aromatic heterocycles. The lowest BCUT2D eigenvalue weighted by Gasteiger charge is -2.08. The van der Waals surface area contributed by atoms with Gasteiger partial charge in [0.1, 0.15) is 6.33 Å². The molecule has 4 aromatic rings. The van der Waals surface area contributed by atoms with Gasteiger partial charge in [-0.25, -0.2) is 17.8 Å². The third-order valence-electron chi connectivity index (χ3n) is 4.39. The van der Waals surface area contributed by atoms with Gasteiger partial charge in [-0.3, -0.25) is 0 Å². The van der Waals surface area contributed by atoms with Crippen LogP contribution in [0.25, 0.3) is 10.8 Å². The summed E-state index contributed by atoms with van der Waals surface area (Å²) in [6.07, 6.45) is -3.20. The summed E-state index contributed by atoms with van der Waals surface area (Å²) in [7, 11) is -3.93. The summed E-state index contributed by atoms with van der Waals surface area (Å²) >= 11 is 0. The number of rotatable bonds is 5. The van der Waals surface area contributed by atoms with E-state index in [0.29, 0.717) is 5.56 Å². The lowest BCUT2D eigenvalue weighted by atomic mass is 10.1. The second kappa shape index (κ2) is 7.45. The van der Waals surface area contributed by atoms with E-state index in [2.05, 4.69) is 14.8 Å². The predicted molar refractivity (Wildman–Crippen MR) is 105 cm³/mol. The minimum atomic E-state index is -4.45. The van der Waals surface area contributed by atoms with Gasteiger partial charge in [0, 0.05) is 0 Å². The molecule has 0 spiro atoms. The number of hydrogen-bond acceptors (Lipinski definition) is 4. The number of sulfonamides is 1. The number of alkyl halides is 3. The maximum absolute atomic E-state index is 12.8. The SMILES string of the molecule is O=S(=O)(Nc1ncn(Cc2cccc(C(F)(F)F)c2)n1)c1ccc2ccccc2c1. The maximum atomic E-state index is 12.8. The van der Waals surface area contributed by atoms with Crippen LogP contribution in [0.5, 0.6) is 0 Å². The number of fused-ring (bicyclic) bond motifs is 1. The van der Waals surface area contributed by atoms with Gasteiger partial charge in [0.05, 0.1) is 17.0 Å². The highest BCUT2D eigenvalue weighted by atomic mass is 32.2. The Balaban J connectivity index is 1.52. The molecule has 4 rings (SSSR count). The molecule has 154 valence electrons. The van der Waals surface area contributed by atoms with E-state index in [1.54, 1.807) is 12.1 Å². The lowest BCUT2D eigenvalue weighted by Crippen LogP contribution is -2.14. The zero-order chi connectivity index (χ0) is 21.4. The Morgan fingerprint density at radius 2 is 1.70 bits per heavy atom. The van der Waals surface area contributed by atoms with Gasteiger partial charge < -0.3 is 0 Å². The van der Waals surface area contributed by atoms with Crippen LogP contribution in [0.1, 0.15) is 11.1 Å². The van der Waals surface area contributed by atoms with Crippen molar-refractivity contribution in [3.05, 3.63) is 84.2 Å². The third-order valence-corrected chi connectivity index (χ3v) is 5.72. The standard InChI is InChI=1S/C20H15F3N4O2S/c21-20(22,23)17-7-3-4-14(10-17)12-27-13-24-19(25-27)26-30(28,29)18-9-8-15-5-1-2-6-16(15)11-18/h1-11,13H,12H2,(H,25,26). The summed E-state index contributed by atoms with van der Waals surface area (Å²) in [5, 5.41) is 5.67. The van der Waals surface area contributed by atoms with Gasteiger partial charge in [-0.15, -0.1) is 5.10 Å². The minimum absolute atomic E-state index is 0.00855. The average Bonchev–Trinajstić information content (AvgIpc) is 3.13. The van der Waals surface area contributed by atoms with Crippen molar-refractivity contribution in [1.82, 2.24) is 14.8 Å². The van der Waals surface area contributed by atoms with Crippen molar-refractivity contribution in [2.24, 2.45) is 0 Å². The Bertz CT molecular complexity index is 1320. The molecule has 10 heteroatoms. The molecule has 0 amide bonds. The summed E-state index contributed by atoms with van der Waals surface area (Å²) in [5.41, 5.74) is -0.406. The minimum Gasteiger partial charge on any atom is -0.246 e. The van der Waals surface area contributed by atoms with E-state index in [0.717, 1.165) is 22.9 Å². The Morgan fingerprint density at radius 1 is 0.933 bits per heavy atom. The van der Waals surface area contributed by atoms with E-state index in [4.69, 9.17) is 0 Å². The van der Waals surface area contributed by atoms with E-state index in [9.17, 15) is 21.6 Å². The van der Waals surface area contributed by atoms with Crippen molar-refractivity contribution in [3.63, 3.8) is 0 Å². The van der Waals surface area contributed by atoms with Crippen LogP contribution in [0.2, 0.25) is 0 Å². The van der Waals surface area contributed by atoms with Crippen LogP contribution >= 0.6 is 0 Å². The van der Waals surface area contributed by atoms with Gasteiger partial charge >= 0.3 is 6.18 Å². The number of nitrogens with zero attached hydrogens (tertiary/aromatic N) is 3. The van der Waals surface area contributed by atoms with Crippen LogP contribution in [0.3, 0.4) is 0 Å². The molecule has 1 N–H and O–H groups in total. The second-order valence-corrected chi connectivity index (χ2v) is 8.26. The molecule has 0 fully saturated rings. The van der Waals surface area contributed by atoms with Crippen LogP contribution in [0.15, 0.2) is 78.0 Å². The van der Waals surface area contributed by atoms with Crippen molar-refractivity contribution >= 4 is 26.7 Å². The monoisotopic (exact) mass is 432 g/mol. The first-order valence-electron chi connectivity index (χ1n) is 8.78. The molecule has 0 radical (unpaired) electrons. The molecular formula is C20H15F3N4O2S. The first-order valence-corrected chi connectivity index (χ1v) is 10.3. The topological polar surface area (TPSA) is 76.9 Å². The van der Waals surface area contributed by atoms with Crippen LogP contribution < -0.4 is 4.72 Å². The highest BCUT2D eigenvalue weighted by molar-refractivity contribution is 7.92. The van der Waals surface area contributed by atoms with Crippen molar-refractivity contribution in [3.8, 4) is 0 Å². The Labute approximate surface area is 170 Å². The summed E-state index contributed by atoms with van der Waals surface area (Å²) in [5.74, 6) is -0.171. The molecule has 0 unspecified atom stereocenters. The van der Waals surface area contributed by atoms with Gasteiger partial charge in [0.25, 0.3) is 16.0 Å². The van der Waals surface area contributed by atoms with Crippen LogP contribution in [0.4, 0.5) is 19.1 Å². The fourth-order valence-electron chi connectivity index (χ4n) is 2.96. The number of aromatic nitrogens is 3. The van der Waals surface area contributed by atoms with Crippen LogP contribution in [-0.2, 0) is 22.7 Å². The molecule has 0 atom stereocenters. The zero-order valence-corrected chi connectivity index (χ0v) is 16.2. The molecule has 1 heterocycles. The fourth-order valence-corrected chi connectivity index (χ4v) is 3.95. The van der Waals surface area contributed by atoms with E-state index in [1.165, 1.54) is 35.3 Å². The Hall–Kier alpha value is -3.40. The predicted octanol–water partition coefficient (Wildman–Crippen LogP) is 4.30. The summed E-state index contributed by atoms with van der Waals surface area (Å²) < 4.78 is 67.4. The molecule has 0 saturated heterocycles. The van der Waals surface area contributed by atoms with E-state index >= 15 is 0 Å². The molecule has 6 nitrogen and oxygen atoms in total. The van der Waals surface area contributed by atoms with Crippen molar-refractivity contribution in [2.45, 2.75) is 17.6 Å². The number of anilines is 1. The van der Waals surface area contributed by atoms with Crippen LogP contribution in [-0.4, -0.2) is 23.2 Å². The van der Waals surface area contributed by atoms with Gasteiger partial charge in [0.15, 0.2) is 0 Å². The first kappa shape index (κ1) is 19.9. The maximum Gasteiger partial charge on any atom is 0.416 e. The summed E-state index contributed by atoms with van der Waals surface area (Å²) in [4.78, 5) is 3.95. The molecule has 0 aliphatic rings. The number of benzene rings is 3. The number of nitrogens with one attached hydrogen (secondary N) is 1. The van der Waals surface area contributed by atoms with Crippen molar-refractivity contribution in [1.29, 1.82) is 0 Å². The van der Waals surface area contributed by atoms with Crippen molar-refractivity contribution in [2.75, 3.05) is 4.72 Å². The smallest absolute Gasteiger partial charge is 0.246 e. The Kier molecular flexibility index (Phi) is 4.94. The van der Waals surface area contributed by atoms with E-state index < -0.39 is 21.8 Å². The van der Waals surface area contributed by atoms with Gasteiger partial charge in [-0.1, -0.05) is 42.5 Å². The van der Waals surface area contributed by atoms with Gasteiger partial charge in [0.2, 0.25) is 0 Å². The van der Waals surface area contributed by atoms with Crippen LogP contribution in [0, 0.1) is 0 Å². The Morgan fingerprint density at radius 3 is 2.47 bits per heavy atom. The molecule has 0 aliphatic heterocycles. The fraction of sp³-hybridized carbons (Fsp3) is 0.100. The summed E-state index contributed by atoms with van der Waals surface area (Å²) in [6.45, 7) is 0.00855. The molecule has 0 saturated carbocycles. The molecule has 0 bridgehead atoms. The first-order chi connectivity index (χ1) is 14.2. The van der Waals surface area contributed by atoms with Crippen molar-refractivity contribution < 1.29 is 21.6 Å². The van der Waals surface area contributed by atoms with Gasteiger partial charge in [-0.05, 0) is 40.6 Å².